The molecule has 0 heterocycles. The highest BCUT2D eigenvalue weighted by atomic mass is 32.2. The molecule has 0 saturated heterocycles. The number of esters is 1. The van der Waals surface area contributed by atoms with Gasteiger partial charge in [-0.25, -0.2) is 0 Å². The number of unbranched alkanes of at least 4 members (excludes halogenated alkanes) is 11. The van der Waals surface area contributed by atoms with E-state index in [0.717, 1.165) is 50.0 Å². The number of Topliss-reactive ketones (excluding diaryl/α,β-unsaturated/α-hetero) is 1. The lowest BCUT2D eigenvalue weighted by molar-refractivity contribution is -0.143. The predicted molar refractivity (Wildman–Crippen MR) is 144 cm³/mol. The van der Waals surface area contributed by atoms with Crippen molar-refractivity contribution in [3.05, 3.63) is 12.2 Å². The fourth-order valence-electron chi connectivity index (χ4n) is 4.68. The molecule has 3 nitrogen and oxygen atoms in total. The normalized spacial score (nSPS) is 18.4. The van der Waals surface area contributed by atoms with Crippen LogP contribution in [0.25, 0.3) is 0 Å². The van der Waals surface area contributed by atoms with E-state index in [1.54, 1.807) is 0 Å². The molecule has 0 bridgehead atoms. The molecule has 1 aliphatic carbocycles. The lowest BCUT2D eigenvalue weighted by Gasteiger charge is -2.14. The van der Waals surface area contributed by atoms with Crippen LogP contribution in [0.1, 0.15) is 129 Å². The number of hydrogen-bond donors (Lipinski definition) is 0. The number of carbonyl (C=O) groups is 2. The van der Waals surface area contributed by atoms with E-state index in [1.807, 2.05) is 11.8 Å². The minimum absolute atomic E-state index is 0.0468. The first-order valence-electron chi connectivity index (χ1n) is 14.1. The van der Waals surface area contributed by atoms with Gasteiger partial charge in [-0.2, -0.15) is 11.8 Å². The molecule has 33 heavy (non-hydrogen) atoms. The zero-order valence-corrected chi connectivity index (χ0v) is 22.6. The number of ketones is 1. The van der Waals surface area contributed by atoms with Gasteiger partial charge in [0.25, 0.3) is 0 Å². The Labute approximate surface area is 209 Å². The van der Waals surface area contributed by atoms with Crippen molar-refractivity contribution in [1.82, 2.24) is 0 Å². The van der Waals surface area contributed by atoms with Gasteiger partial charge in [0.1, 0.15) is 5.78 Å². The smallest absolute Gasteiger partial charge is 0.305 e. The molecule has 0 aromatic carbocycles. The van der Waals surface area contributed by atoms with Gasteiger partial charge in [0.2, 0.25) is 0 Å². The van der Waals surface area contributed by atoms with E-state index in [4.69, 9.17) is 4.74 Å². The molecule has 1 fully saturated rings. The fraction of sp³-hybridized carbons (Fsp3) is 0.862. The van der Waals surface area contributed by atoms with Crippen LogP contribution in [0.15, 0.2) is 12.2 Å². The van der Waals surface area contributed by atoms with Crippen LogP contribution in [0.3, 0.4) is 0 Å². The maximum Gasteiger partial charge on any atom is 0.305 e. The first-order valence-corrected chi connectivity index (χ1v) is 15.3. The third-order valence-corrected chi connectivity index (χ3v) is 7.88. The summed E-state index contributed by atoms with van der Waals surface area (Å²) in [5.74, 6) is 3.07. The lowest BCUT2D eigenvalue weighted by Crippen LogP contribution is -2.14. The van der Waals surface area contributed by atoms with Crippen LogP contribution in [0, 0.1) is 11.8 Å². The maximum absolute atomic E-state index is 12.1. The van der Waals surface area contributed by atoms with Crippen LogP contribution in [-0.2, 0) is 14.3 Å². The van der Waals surface area contributed by atoms with Crippen LogP contribution >= 0.6 is 11.8 Å². The molecule has 1 saturated carbocycles. The Bertz CT molecular complexity index is 517. The predicted octanol–water partition coefficient (Wildman–Crippen LogP) is 8.70. The van der Waals surface area contributed by atoms with E-state index in [1.165, 1.54) is 70.6 Å². The average Bonchev–Trinajstić information content (AvgIpc) is 3.16. The van der Waals surface area contributed by atoms with Crippen molar-refractivity contribution in [3.8, 4) is 0 Å². The summed E-state index contributed by atoms with van der Waals surface area (Å²) in [5.41, 5.74) is 0. The Morgan fingerprint density at radius 2 is 1.55 bits per heavy atom. The fourth-order valence-corrected chi connectivity index (χ4v) is 5.66. The maximum atomic E-state index is 12.1. The van der Waals surface area contributed by atoms with E-state index in [-0.39, 0.29) is 11.9 Å². The van der Waals surface area contributed by atoms with Crippen molar-refractivity contribution >= 4 is 23.5 Å². The number of hydrogen-bond acceptors (Lipinski definition) is 4. The minimum atomic E-state index is -0.0468. The number of rotatable bonds is 22. The first kappa shape index (κ1) is 30.3. The van der Waals surface area contributed by atoms with Crippen molar-refractivity contribution in [1.29, 1.82) is 0 Å². The Hall–Kier alpha value is -0.770. The summed E-state index contributed by atoms with van der Waals surface area (Å²) in [7, 11) is 0. The molecule has 0 N–H and O–H groups in total. The van der Waals surface area contributed by atoms with Gasteiger partial charge in [-0.3, -0.25) is 9.59 Å². The molecule has 2 unspecified atom stereocenters. The highest BCUT2D eigenvalue weighted by molar-refractivity contribution is 7.99. The van der Waals surface area contributed by atoms with Crippen molar-refractivity contribution in [2.45, 2.75) is 129 Å². The van der Waals surface area contributed by atoms with E-state index in [0.29, 0.717) is 24.7 Å². The molecule has 192 valence electrons. The third kappa shape index (κ3) is 16.5. The summed E-state index contributed by atoms with van der Waals surface area (Å²) in [5, 5.41) is 0. The van der Waals surface area contributed by atoms with E-state index in [2.05, 4.69) is 26.0 Å². The second kappa shape index (κ2) is 21.7. The average molecular weight is 481 g/mol. The molecule has 1 aliphatic rings. The van der Waals surface area contributed by atoms with Crippen LogP contribution in [0.2, 0.25) is 0 Å². The zero-order valence-electron chi connectivity index (χ0n) is 21.8. The molecule has 1 rings (SSSR count). The van der Waals surface area contributed by atoms with Gasteiger partial charge >= 0.3 is 5.97 Å². The third-order valence-electron chi connectivity index (χ3n) is 6.78. The molecular formula is C29H52O3S. The van der Waals surface area contributed by atoms with E-state index >= 15 is 0 Å². The summed E-state index contributed by atoms with van der Waals surface area (Å²) in [6, 6.07) is 0. The van der Waals surface area contributed by atoms with Gasteiger partial charge in [-0.15, -0.1) is 0 Å². The molecule has 0 aliphatic heterocycles. The SMILES string of the molecule is CC/C=C/C1CCC(=O)C1CCSCCCC(=O)OCCCCCCCCCCCCCC. The summed E-state index contributed by atoms with van der Waals surface area (Å²) in [6.07, 6.45) is 25.5. The monoisotopic (exact) mass is 480 g/mol. The highest BCUT2D eigenvalue weighted by Gasteiger charge is 2.32. The quantitative estimate of drug-likeness (QED) is 0.0882. The standard InChI is InChI=1S/C29H52O3S/c1-3-5-7-8-9-10-11-12-13-14-15-16-23-32-29(31)19-17-24-33-25-22-27-26(18-6-4-2)20-21-28(27)30/h6,18,26-27H,3-5,7-17,19-25H2,1-2H3/b18-6+. The van der Waals surface area contributed by atoms with Crippen molar-refractivity contribution in [3.63, 3.8) is 0 Å². The van der Waals surface area contributed by atoms with Crippen LogP contribution in [0.4, 0.5) is 0 Å². The van der Waals surface area contributed by atoms with E-state index in [9.17, 15) is 9.59 Å². The summed E-state index contributed by atoms with van der Waals surface area (Å²) in [6.45, 7) is 4.99. The number of ether oxygens (including phenoxy) is 1. The molecular weight excluding hydrogens is 428 g/mol. The van der Waals surface area contributed by atoms with Gasteiger partial charge in [0.15, 0.2) is 0 Å². The molecule has 0 aromatic heterocycles. The van der Waals surface area contributed by atoms with Crippen molar-refractivity contribution in [2.24, 2.45) is 11.8 Å². The van der Waals surface area contributed by atoms with Gasteiger partial charge in [-0.05, 0) is 49.5 Å². The minimum Gasteiger partial charge on any atom is -0.466 e. The largest absolute Gasteiger partial charge is 0.466 e. The Morgan fingerprint density at radius 1 is 0.909 bits per heavy atom. The summed E-state index contributed by atoms with van der Waals surface area (Å²) >= 11 is 1.87. The van der Waals surface area contributed by atoms with Crippen LogP contribution in [0.5, 0.6) is 0 Å². The Balaban J connectivity index is 1.86. The van der Waals surface area contributed by atoms with Gasteiger partial charge in [0, 0.05) is 18.8 Å². The molecule has 0 aromatic rings. The number of allylic oxidation sites excluding steroid dienone is 2. The molecule has 0 radical (unpaired) electrons. The molecule has 0 amide bonds. The molecule has 4 heteroatoms. The second-order valence-corrected chi connectivity index (χ2v) is 11.0. The molecule has 0 spiro atoms. The van der Waals surface area contributed by atoms with Gasteiger partial charge in [0.05, 0.1) is 6.61 Å². The Morgan fingerprint density at radius 3 is 2.18 bits per heavy atom. The van der Waals surface area contributed by atoms with Crippen LogP contribution in [-0.4, -0.2) is 29.9 Å². The summed E-state index contributed by atoms with van der Waals surface area (Å²) in [4.78, 5) is 24.0. The van der Waals surface area contributed by atoms with E-state index < -0.39 is 0 Å². The first-order chi connectivity index (χ1) is 16.2. The second-order valence-electron chi connectivity index (χ2n) is 9.73. The van der Waals surface area contributed by atoms with Gasteiger partial charge in [-0.1, -0.05) is 96.6 Å². The zero-order chi connectivity index (χ0) is 24.0. The lowest BCUT2D eigenvalue weighted by atomic mass is 9.92. The highest BCUT2D eigenvalue weighted by Crippen LogP contribution is 2.33. The summed E-state index contributed by atoms with van der Waals surface area (Å²) < 4.78 is 5.39. The van der Waals surface area contributed by atoms with Gasteiger partial charge < -0.3 is 4.74 Å². The van der Waals surface area contributed by atoms with Crippen molar-refractivity contribution in [2.75, 3.05) is 18.1 Å². The molecule has 2 atom stereocenters. The van der Waals surface area contributed by atoms with Crippen molar-refractivity contribution < 1.29 is 14.3 Å². The topological polar surface area (TPSA) is 43.4 Å². The number of thioether (sulfide) groups is 1. The number of carbonyl (C=O) groups excluding carboxylic acids is 2. The van der Waals surface area contributed by atoms with Crippen LogP contribution < -0.4 is 0 Å². The Kier molecular flexibility index (Phi) is 19.9.